The number of halogens is 1. The van der Waals surface area contributed by atoms with Crippen LogP contribution in [0.4, 0.5) is 4.79 Å². The largest absolute Gasteiger partial charge is 0.480 e. The molecule has 2 amide bonds. The summed E-state index contributed by atoms with van der Waals surface area (Å²) in [7, 11) is 0. The molecule has 7 nitrogen and oxygen atoms in total. The standard InChI is InChI=1S/C22H31BrN2O5/c1-14(2)12-18(20(27)28)24-10-11-25(21(29)30-22(3,4)5)17(19(24)26)13-15-8-6-7-9-16(15)23/h6-9,14,17-18H,10-13H2,1-5H3,(H,27,28)/t17-,18-/m0/s1. The van der Waals surface area contributed by atoms with Gasteiger partial charge in [0.25, 0.3) is 0 Å². The van der Waals surface area contributed by atoms with E-state index in [1.54, 1.807) is 20.8 Å². The van der Waals surface area contributed by atoms with Crippen molar-refractivity contribution in [3.05, 3.63) is 34.3 Å². The zero-order valence-corrected chi connectivity index (χ0v) is 19.8. The van der Waals surface area contributed by atoms with Crippen LogP contribution >= 0.6 is 15.9 Å². The Balaban J connectivity index is 2.37. The van der Waals surface area contributed by atoms with Gasteiger partial charge in [-0.3, -0.25) is 9.69 Å². The van der Waals surface area contributed by atoms with Gasteiger partial charge >= 0.3 is 12.1 Å². The van der Waals surface area contributed by atoms with Gasteiger partial charge in [-0.25, -0.2) is 9.59 Å². The smallest absolute Gasteiger partial charge is 0.411 e. The molecule has 1 fully saturated rings. The summed E-state index contributed by atoms with van der Waals surface area (Å²) in [6, 6.07) is 5.74. The summed E-state index contributed by atoms with van der Waals surface area (Å²) in [6.07, 6.45) is 0.0579. The molecule has 0 saturated carbocycles. The highest BCUT2D eigenvalue weighted by molar-refractivity contribution is 9.10. The summed E-state index contributed by atoms with van der Waals surface area (Å²) in [5.74, 6) is -1.28. The summed E-state index contributed by atoms with van der Waals surface area (Å²) in [5, 5.41) is 9.73. The molecule has 0 radical (unpaired) electrons. The molecule has 166 valence electrons. The Morgan fingerprint density at radius 1 is 1.23 bits per heavy atom. The Bertz CT molecular complexity index is 790. The van der Waals surface area contributed by atoms with Gasteiger partial charge in [0.05, 0.1) is 0 Å². The number of hydrogen-bond acceptors (Lipinski definition) is 4. The fraction of sp³-hybridized carbons (Fsp3) is 0.591. The lowest BCUT2D eigenvalue weighted by atomic mass is 9.97. The van der Waals surface area contributed by atoms with Crippen molar-refractivity contribution in [1.82, 2.24) is 9.80 Å². The molecule has 0 aliphatic carbocycles. The van der Waals surface area contributed by atoms with E-state index in [9.17, 15) is 19.5 Å². The Labute approximate surface area is 186 Å². The van der Waals surface area contributed by atoms with Crippen molar-refractivity contribution in [2.75, 3.05) is 13.1 Å². The molecule has 1 aliphatic heterocycles. The Morgan fingerprint density at radius 3 is 2.40 bits per heavy atom. The van der Waals surface area contributed by atoms with Crippen LogP contribution in [0.2, 0.25) is 0 Å². The molecule has 1 heterocycles. The number of benzene rings is 1. The third-order valence-electron chi connectivity index (χ3n) is 4.88. The molecule has 2 atom stereocenters. The van der Waals surface area contributed by atoms with Crippen molar-refractivity contribution in [3.8, 4) is 0 Å². The second-order valence-corrected chi connectivity index (χ2v) is 9.85. The van der Waals surface area contributed by atoms with Gasteiger partial charge in [0, 0.05) is 24.0 Å². The fourth-order valence-corrected chi connectivity index (χ4v) is 3.98. The number of ether oxygens (including phenoxy) is 1. The van der Waals surface area contributed by atoms with Gasteiger partial charge in [0.2, 0.25) is 5.91 Å². The molecule has 8 heteroatoms. The van der Waals surface area contributed by atoms with E-state index in [1.807, 2.05) is 38.1 Å². The van der Waals surface area contributed by atoms with E-state index in [1.165, 1.54) is 9.80 Å². The number of piperazine rings is 1. The van der Waals surface area contributed by atoms with Crippen molar-refractivity contribution < 1.29 is 24.2 Å². The van der Waals surface area contributed by atoms with Crippen molar-refractivity contribution >= 4 is 33.9 Å². The number of aliphatic carboxylic acids is 1. The predicted octanol–water partition coefficient (Wildman–Crippen LogP) is 3.94. The number of carbonyl (C=O) groups excluding carboxylic acids is 2. The molecule has 1 aromatic carbocycles. The first-order valence-electron chi connectivity index (χ1n) is 10.2. The molecule has 1 aromatic rings. The van der Waals surface area contributed by atoms with E-state index in [2.05, 4.69) is 15.9 Å². The number of nitrogens with zero attached hydrogens (tertiary/aromatic N) is 2. The van der Waals surface area contributed by atoms with Crippen molar-refractivity contribution in [2.24, 2.45) is 5.92 Å². The minimum atomic E-state index is -1.03. The van der Waals surface area contributed by atoms with Crippen LogP contribution in [0.15, 0.2) is 28.7 Å². The van der Waals surface area contributed by atoms with Crippen LogP contribution in [0.3, 0.4) is 0 Å². The topological polar surface area (TPSA) is 87.2 Å². The van der Waals surface area contributed by atoms with Crippen molar-refractivity contribution in [2.45, 2.75) is 65.1 Å². The van der Waals surface area contributed by atoms with Gasteiger partial charge < -0.3 is 14.7 Å². The minimum Gasteiger partial charge on any atom is -0.480 e. The van der Waals surface area contributed by atoms with Gasteiger partial charge in [-0.05, 0) is 44.7 Å². The first-order chi connectivity index (χ1) is 13.9. The molecule has 0 bridgehead atoms. The zero-order chi connectivity index (χ0) is 22.6. The number of carboxylic acid groups (broad SMARTS) is 1. The average molecular weight is 483 g/mol. The van der Waals surface area contributed by atoms with Gasteiger partial charge in [-0.1, -0.05) is 48.0 Å². The lowest BCUT2D eigenvalue weighted by Crippen LogP contribution is -2.63. The molecular formula is C22H31BrN2O5. The van der Waals surface area contributed by atoms with Gasteiger partial charge in [0.15, 0.2) is 0 Å². The quantitative estimate of drug-likeness (QED) is 0.663. The van der Waals surface area contributed by atoms with Crippen LogP contribution in [0.5, 0.6) is 0 Å². The van der Waals surface area contributed by atoms with Gasteiger partial charge in [-0.2, -0.15) is 0 Å². The second-order valence-electron chi connectivity index (χ2n) is 9.00. The Morgan fingerprint density at radius 2 is 1.87 bits per heavy atom. The van der Waals surface area contributed by atoms with E-state index in [-0.39, 0.29) is 31.3 Å². The molecule has 0 aromatic heterocycles. The Kier molecular flexibility index (Phi) is 7.91. The summed E-state index contributed by atoms with van der Waals surface area (Å²) >= 11 is 3.50. The fourth-order valence-electron chi connectivity index (χ4n) is 3.53. The summed E-state index contributed by atoms with van der Waals surface area (Å²) in [4.78, 5) is 41.0. The molecule has 1 N–H and O–H groups in total. The number of carboxylic acids is 1. The molecule has 30 heavy (non-hydrogen) atoms. The maximum absolute atomic E-state index is 13.4. The van der Waals surface area contributed by atoms with E-state index in [4.69, 9.17) is 4.74 Å². The van der Waals surface area contributed by atoms with E-state index >= 15 is 0 Å². The van der Waals surface area contributed by atoms with Gasteiger partial charge in [-0.15, -0.1) is 0 Å². The monoisotopic (exact) mass is 482 g/mol. The predicted molar refractivity (Wildman–Crippen MR) is 117 cm³/mol. The number of amides is 2. The lowest BCUT2D eigenvalue weighted by molar-refractivity contribution is -0.156. The van der Waals surface area contributed by atoms with Crippen molar-refractivity contribution in [1.29, 1.82) is 0 Å². The van der Waals surface area contributed by atoms with Crippen molar-refractivity contribution in [3.63, 3.8) is 0 Å². The van der Waals surface area contributed by atoms with E-state index in [0.717, 1.165) is 10.0 Å². The molecule has 0 unspecified atom stereocenters. The van der Waals surface area contributed by atoms with Crippen LogP contribution < -0.4 is 0 Å². The second kappa shape index (κ2) is 9.81. The molecule has 2 rings (SSSR count). The van der Waals surface area contributed by atoms with Crippen LogP contribution in [0.25, 0.3) is 0 Å². The molecular weight excluding hydrogens is 452 g/mol. The van der Waals surface area contributed by atoms with Gasteiger partial charge in [0.1, 0.15) is 17.7 Å². The molecule has 0 spiro atoms. The summed E-state index contributed by atoms with van der Waals surface area (Å²) < 4.78 is 6.35. The maximum atomic E-state index is 13.4. The van der Waals surface area contributed by atoms with E-state index in [0.29, 0.717) is 6.42 Å². The molecule has 1 aliphatic rings. The maximum Gasteiger partial charge on any atom is 0.411 e. The third kappa shape index (κ3) is 6.20. The SMILES string of the molecule is CC(C)C[C@@H](C(=O)O)N1CCN(C(=O)OC(C)(C)C)[C@@H](Cc2ccccc2Br)C1=O. The number of carbonyl (C=O) groups is 3. The highest BCUT2D eigenvalue weighted by Gasteiger charge is 2.43. The Hall–Kier alpha value is -2.09. The molecule has 1 saturated heterocycles. The average Bonchev–Trinajstić information content (AvgIpc) is 2.61. The lowest BCUT2D eigenvalue weighted by Gasteiger charge is -2.43. The summed E-state index contributed by atoms with van der Waals surface area (Å²) in [6.45, 7) is 9.55. The first-order valence-corrected chi connectivity index (χ1v) is 11.0. The minimum absolute atomic E-state index is 0.115. The van der Waals surface area contributed by atoms with Crippen LogP contribution in [-0.2, 0) is 20.7 Å². The third-order valence-corrected chi connectivity index (χ3v) is 5.65. The first kappa shape index (κ1) is 24.2. The van der Waals surface area contributed by atoms with Crippen LogP contribution in [0, 0.1) is 5.92 Å². The van der Waals surface area contributed by atoms with Crippen LogP contribution in [-0.4, -0.2) is 63.7 Å². The van der Waals surface area contributed by atoms with E-state index < -0.39 is 29.7 Å². The normalized spacial score (nSPS) is 18.5. The number of hydrogen-bond donors (Lipinski definition) is 1. The van der Waals surface area contributed by atoms with Crippen LogP contribution in [0.1, 0.15) is 46.6 Å². The highest BCUT2D eigenvalue weighted by Crippen LogP contribution is 2.26. The summed E-state index contributed by atoms with van der Waals surface area (Å²) in [5.41, 5.74) is 0.165. The number of rotatable bonds is 6. The highest BCUT2D eigenvalue weighted by atomic mass is 79.9. The zero-order valence-electron chi connectivity index (χ0n) is 18.2.